The Bertz CT molecular complexity index is 711. The van der Waals surface area contributed by atoms with Gasteiger partial charge in [0.1, 0.15) is 23.9 Å². The normalized spacial score (nSPS) is 20.3. The Hall–Kier alpha value is -2.19. The van der Waals surface area contributed by atoms with Crippen LogP contribution in [0, 0.1) is 17.0 Å². The van der Waals surface area contributed by atoms with Crippen LogP contribution in [0.25, 0.3) is 0 Å². The second kappa shape index (κ2) is 7.79. The first-order valence-corrected chi connectivity index (χ1v) is 8.68. The van der Waals surface area contributed by atoms with E-state index in [-0.39, 0.29) is 18.3 Å². The maximum absolute atomic E-state index is 10.7. The average molecular weight is 348 g/mol. The molecular formula is C17H24N4O4. The summed E-state index contributed by atoms with van der Waals surface area (Å²) in [6, 6.07) is 4.15. The SMILES string of the molecule is Cc1ccc([C@@H]2CCCCCN2C[C@H](O)Cn2cc([N+](=O)[O-])cn2)o1. The van der Waals surface area contributed by atoms with Crippen LogP contribution in [0.2, 0.25) is 0 Å². The Balaban J connectivity index is 1.65. The molecule has 0 saturated carbocycles. The summed E-state index contributed by atoms with van der Waals surface area (Å²) in [5.74, 6) is 1.84. The first kappa shape index (κ1) is 17.6. The Morgan fingerprint density at radius 3 is 2.92 bits per heavy atom. The van der Waals surface area contributed by atoms with Crippen molar-refractivity contribution in [3.8, 4) is 0 Å². The molecule has 2 aromatic heterocycles. The Morgan fingerprint density at radius 2 is 2.24 bits per heavy atom. The second-order valence-corrected chi connectivity index (χ2v) is 6.64. The van der Waals surface area contributed by atoms with E-state index in [0.29, 0.717) is 6.54 Å². The van der Waals surface area contributed by atoms with Crippen molar-refractivity contribution in [1.82, 2.24) is 14.7 Å². The van der Waals surface area contributed by atoms with E-state index in [1.165, 1.54) is 23.5 Å². The van der Waals surface area contributed by atoms with Crippen molar-refractivity contribution in [2.45, 2.75) is 51.3 Å². The smallest absolute Gasteiger partial charge is 0.306 e. The molecule has 0 spiro atoms. The quantitative estimate of drug-likeness (QED) is 0.637. The topological polar surface area (TPSA) is 97.6 Å². The van der Waals surface area contributed by atoms with Crippen molar-refractivity contribution in [2.24, 2.45) is 0 Å². The van der Waals surface area contributed by atoms with E-state index >= 15 is 0 Å². The van der Waals surface area contributed by atoms with Gasteiger partial charge in [-0.1, -0.05) is 12.8 Å². The highest BCUT2D eigenvalue weighted by atomic mass is 16.6. The van der Waals surface area contributed by atoms with Crippen molar-refractivity contribution in [2.75, 3.05) is 13.1 Å². The summed E-state index contributed by atoms with van der Waals surface area (Å²) >= 11 is 0. The van der Waals surface area contributed by atoms with Gasteiger partial charge < -0.3 is 9.52 Å². The molecule has 25 heavy (non-hydrogen) atoms. The van der Waals surface area contributed by atoms with E-state index in [4.69, 9.17) is 4.42 Å². The minimum absolute atomic E-state index is 0.0640. The average Bonchev–Trinajstić information content (AvgIpc) is 3.13. The lowest BCUT2D eigenvalue weighted by molar-refractivity contribution is -0.385. The number of aliphatic hydroxyl groups is 1. The van der Waals surface area contributed by atoms with Crippen LogP contribution in [0.4, 0.5) is 5.69 Å². The Labute approximate surface area is 146 Å². The molecule has 3 rings (SSSR count). The monoisotopic (exact) mass is 348 g/mol. The molecule has 1 aliphatic rings. The summed E-state index contributed by atoms with van der Waals surface area (Å²) in [6.07, 6.45) is 6.31. The van der Waals surface area contributed by atoms with Crippen molar-refractivity contribution >= 4 is 5.69 Å². The lowest BCUT2D eigenvalue weighted by Crippen LogP contribution is -2.37. The third kappa shape index (κ3) is 4.46. The molecule has 0 aromatic carbocycles. The van der Waals surface area contributed by atoms with Gasteiger partial charge in [0.25, 0.3) is 0 Å². The third-order valence-corrected chi connectivity index (χ3v) is 4.63. The Morgan fingerprint density at radius 1 is 1.40 bits per heavy atom. The van der Waals surface area contributed by atoms with Crippen LogP contribution in [0.3, 0.4) is 0 Å². The largest absolute Gasteiger partial charge is 0.465 e. The fraction of sp³-hybridized carbons (Fsp3) is 0.588. The predicted octanol–water partition coefficient (Wildman–Crippen LogP) is 2.67. The number of β-amino-alcohol motifs (C(OH)–C–C–N with tert-alkyl or cyclic N) is 1. The molecule has 1 saturated heterocycles. The van der Waals surface area contributed by atoms with Gasteiger partial charge in [-0.3, -0.25) is 19.7 Å². The minimum atomic E-state index is -0.656. The molecule has 0 aliphatic carbocycles. The van der Waals surface area contributed by atoms with Crippen LogP contribution >= 0.6 is 0 Å². The zero-order chi connectivity index (χ0) is 17.8. The maximum Gasteiger partial charge on any atom is 0.306 e. The molecule has 8 heteroatoms. The number of likely N-dealkylation sites (tertiary alicyclic amines) is 1. The summed E-state index contributed by atoms with van der Waals surface area (Å²) in [5.41, 5.74) is -0.0640. The lowest BCUT2D eigenvalue weighted by Gasteiger charge is -2.30. The van der Waals surface area contributed by atoms with Gasteiger partial charge >= 0.3 is 5.69 Å². The van der Waals surface area contributed by atoms with Crippen molar-refractivity contribution in [3.63, 3.8) is 0 Å². The molecule has 2 aromatic rings. The highest BCUT2D eigenvalue weighted by Crippen LogP contribution is 2.31. The number of hydrogen-bond acceptors (Lipinski definition) is 6. The highest BCUT2D eigenvalue weighted by molar-refractivity contribution is 5.20. The van der Waals surface area contributed by atoms with Crippen LogP contribution in [-0.2, 0) is 6.54 Å². The summed E-state index contributed by atoms with van der Waals surface area (Å²) in [4.78, 5) is 12.5. The molecule has 0 radical (unpaired) electrons. The number of aryl methyl sites for hydroxylation is 1. The number of furan rings is 1. The van der Waals surface area contributed by atoms with E-state index in [9.17, 15) is 15.2 Å². The van der Waals surface area contributed by atoms with Crippen molar-refractivity contribution in [3.05, 3.63) is 46.2 Å². The van der Waals surface area contributed by atoms with Crippen molar-refractivity contribution < 1.29 is 14.4 Å². The second-order valence-electron chi connectivity index (χ2n) is 6.64. The van der Waals surface area contributed by atoms with Gasteiger partial charge in [0, 0.05) is 6.54 Å². The number of rotatable bonds is 6. The van der Waals surface area contributed by atoms with Gasteiger partial charge in [-0.2, -0.15) is 5.10 Å². The molecule has 2 atom stereocenters. The zero-order valence-corrected chi connectivity index (χ0v) is 14.4. The summed E-state index contributed by atoms with van der Waals surface area (Å²) < 4.78 is 7.25. The van der Waals surface area contributed by atoms with E-state index in [1.807, 2.05) is 19.1 Å². The number of aromatic nitrogens is 2. The zero-order valence-electron chi connectivity index (χ0n) is 14.4. The molecule has 0 bridgehead atoms. The molecular weight excluding hydrogens is 324 g/mol. The van der Waals surface area contributed by atoms with Gasteiger partial charge in [0.2, 0.25) is 0 Å². The summed E-state index contributed by atoms with van der Waals surface area (Å²) in [5, 5.41) is 25.1. The molecule has 0 amide bonds. The molecule has 0 unspecified atom stereocenters. The molecule has 1 aliphatic heterocycles. The van der Waals surface area contributed by atoms with E-state index < -0.39 is 11.0 Å². The van der Waals surface area contributed by atoms with Crippen LogP contribution in [0.5, 0.6) is 0 Å². The van der Waals surface area contributed by atoms with Crippen LogP contribution in [-0.4, -0.2) is 43.9 Å². The third-order valence-electron chi connectivity index (χ3n) is 4.63. The van der Waals surface area contributed by atoms with Gasteiger partial charge in [-0.25, -0.2) is 0 Å². The number of nitro groups is 1. The fourth-order valence-corrected chi connectivity index (χ4v) is 3.43. The summed E-state index contributed by atoms with van der Waals surface area (Å²) in [7, 11) is 0. The minimum Gasteiger partial charge on any atom is -0.465 e. The lowest BCUT2D eigenvalue weighted by atomic mass is 10.1. The van der Waals surface area contributed by atoms with E-state index in [0.717, 1.165) is 37.3 Å². The molecule has 3 heterocycles. The maximum atomic E-state index is 10.7. The fourth-order valence-electron chi connectivity index (χ4n) is 3.43. The van der Waals surface area contributed by atoms with Gasteiger partial charge in [-0.15, -0.1) is 0 Å². The standard InChI is InChI=1S/C17H24N4O4/c1-13-6-7-17(25-13)16-5-3-2-4-8-19(16)11-15(22)12-20-10-14(9-18-20)21(23)24/h6-7,9-10,15-16,22H,2-5,8,11-12H2,1H3/t15-,16-/m0/s1. The summed E-state index contributed by atoms with van der Waals surface area (Å²) in [6.45, 7) is 3.55. The van der Waals surface area contributed by atoms with E-state index in [1.54, 1.807) is 0 Å². The molecule has 1 fully saturated rings. The molecule has 8 nitrogen and oxygen atoms in total. The highest BCUT2D eigenvalue weighted by Gasteiger charge is 2.27. The van der Waals surface area contributed by atoms with Gasteiger partial charge in [0.15, 0.2) is 0 Å². The number of aliphatic hydroxyl groups excluding tert-OH is 1. The van der Waals surface area contributed by atoms with Crippen LogP contribution in [0.15, 0.2) is 28.9 Å². The van der Waals surface area contributed by atoms with Gasteiger partial charge in [0.05, 0.1) is 23.6 Å². The number of hydrogen-bond donors (Lipinski definition) is 1. The number of nitrogens with zero attached hydrogens (tertiary/aromatic N) is 4. The van der Waals surface area contributed by atoms with Crippen molar-refractivity contribution in [1.29, 1.82) is 0 Å². The predicted molar refractivity (Wildman–Crippen MR) is 91.1 cm³/mol. The van der Waals surface area contributed by atoms with E-state index in [2.05, 4.69) is 10.00 Å². The molecule has 1 N–H and O–H groups in total. The first-order chi connectivity index (χ1) is 12.0. The Kier molecular flexibility index (Phi) is 5.50. The van der Waals surface area contributed by atoms with Crippen LogP contribution < -0.4 is 0 Å². The van der Waals surface area contributed by atoms with Gasteiger partial charge in [-0.05, 0) is 38.4 Å². The first-order valence-electron chi connectivity index (χ1n) is 8.68. The van der Waals surface area contributed by atoms with Crippen LogP contribution in [0.1, 0.15) is 43.2 Å². The molecule has 136 valence electrons.